The molecule has 0 unspecified atom stereocenters. The van der Waals surface area contributed by atoms with Crippen LogP contribution in [0.25, 0.3) is 0 Å². The van der Waals surface area contributed by atoms with Crippen molar-refractivity contribution >= 4 is 23.2 Å². The van der Waals surface area contributed by atoms with Crippen molar-refractivity contribution in [3.05, 3.63) is 66.9 Å². The van der Waals surface area contributed by atoms with E-state index in [0.29, 0.717) is 10.0 Å². The molecule has 0 aliphatic heterocycles. The fraction of sp³-hybridized carbons (Fsp3) is 0.231. The van der Waals surface area contributed by atoms with Gasteiger partial charge in [-0.05, 0) is 17.7 Å². The van der Waals surface area contributed by atoms with E-state index in [4.69, 9.17) is 28.9 Å². The van der Waals surface area contributed by atoms with Gasteiger partial charge < -0.3 is 5.73 Å². The van der Waals surface area contributed by atoms with Gasteiger partial charge in [0.25, 0.3) is 5.56 Å². The zero-order valence-electron chi connectivity index (χ0n) is 10.6. The van der Waals surface area contributed by atoms with E-state index in [1.807, 2.05) is 0 Å². The van der Waals surface area contributed by atoms with Crippen LogP contribution in [0.4, 0.5) is 0 Å². The number of hydrogen-bond donors (Lipinski definition) is 1. The van der Waals surface area contributed by atoms with E-state index >= 15 is 0 Å². The molecule has 0 saturated carbocycles. The third-order valence-electron chi connectivity index (χ3n) is 2.85. The molecule has 0 aliphatic carbocycles. The summed E-state index contributed by atoms with van der Waals surface area (Å²) >= 11 is 11.9. The molecular formula is C13H13Cl2N3O2. The predicted octanol–water partition coefficient (Wildman–Crippen LogP) is 1.32. The lowest BCUT2D eigenvalue weighted by molar-refractivity contribution is 0.579. The largest absolute Gasteiger partial charge is 0.331 e. The van der Waals surface area contributed by atoms with Crippen molar-refractivity contribution in [2.75, 3.05) is 6.54 Å². The lowest BCUT2D eigenvalue weighted by atomic mass is 10.2. The van der Waals surface area contributed by atoms with Crippen LogP contribution in [0, 0.1) is 0 Å². The third kappa shape index (κ3) is 3.12. The average Bonchev–Trinajstić information content (AvgIpc) is 2.40. The van der Waals surface area contributed by atoms with Gasteiger partial charge in [0.2, 0.25) is 0 Å². The minimum atomic E-state index is -0.408. The summed E-state index contributed by atoms with van der Waals surface area (Å²) in [7, 11) is 0. The van der Waals surface area contributed by atoms with Gasteiger partial charge in [-0.1, -0.05) is 29.3 Å². The summed E-state index contributed by atoms with van der Waals surface area (Å²) in [5.74, 6) is 0. The highest BCUT2D eigenvalue weighted by Crippen LogP contribution is 2.21. The Hall–Kier alpha value is -1.56. The van der Waals surface area contributed by atoms with E-state index in [2.05, 4.69) is 0 Å². The molecule has 106 valence electrons. The Labute approximate surface area is 125 Å². The lowest BCUT2D eigenvalue weighted by Crippen LogP contribution is -2.40. The second-order valence-electron chi connectivity index (χ2n) is 4.24. The minimum Gasteiger partial charge on any atom is -0.329 e. The highest BCUT2D eigenvalue weighted by molar-refractivity contribution is 6.35. The van der Waals surface area contributed by atoms with Gasteiger partial charge in [-0.2, -0.15) is 0 Å². The molecule has 0 radical (unpaired) electrons. The molecule has 2 aromatic rings. The maximum Gasteiger partial charge on any atom is 0.331 e. The van der Waals surface area contributed by atoms with Crippen molar-refractivity contribution in [2.24, 2.45) is 5.73 Å². The van der Waals surface area contributed by atoms with E-state index in [1.165, 1.54) is 16.8 Å². The molecule has 0 bridgehead atoms. The molecule has 5 nitrogen and oxygen atoms in total. The molecule has 7 heteroatoms. The Kier molecular flexibility index (Phi) is 4.65. The normalized spacial score (nSPS) is 10.8. The Morgan fingerprint density at radius 1 is 1.15 bits per heavy atom. The van der Waals surface area contributed by atoms with Crippen LogP contribution in [0.2, 0.25) is 10.0 Å². The van der Waals surface area contributed by atoms with Gasteiger partial charge in [0, 0.05) is 35.4 Å². The number of benzene rings is 1. The highest BCUT2D eigenvalue weighted by Gasteiger charge is 2.07. The Morgan fingerprint density at radius 2 is 1.90 bits per heavy atom. The summed E-state index contributed by atoms with van der Waals surface area (Å²) in [6, 6.07) is 6.39. The number of halogens is 2. The Bertz CT molecular complexity index is 737. The van der Waals surface area contributed by atoms with Crippen LogP contribution in [-0.2, 0) is 13.1 Å². The van der Waals surface area contributed by atoms with Crippen LogP contribution in [0.15, 0.2) is 40.1 Å². The smallest absolute Gasteiger partial charge is 0.329 e. The number of rotatable bonds is 4. The fourth-order valence-corrected chi connectivity index (χ4v) is 2.31. The van der Waals surface area contributed by atoms with Gasteiger partial charge in [0.1, 0.15) is 0 Å². The molecule has 1 heterocycles. The lowest BCUT2D eigenvalue weighted by Gasteiger charge is -2.10. The molecule has 1 aromatic heterocycles. The maximum atomic E-state index is 12.2. The zero-order valence-corrected chi connectivity index (χ0v) is 12.1. The molecular weight excluding hydrogens is 301 g/mol. The minimum absolute atomic E-state index is 0.187. The standard InChI is InChI=1S/C13H13Cl2N3O2/c14-10-2-1-9(11(15)7-10)8-17-5-3-12(19)18(6-4-16)13(17)20/h1-3,5,7H,4,6,8,16H2. The average molecular weight is 314 g/mol. The monoisotopic (exact) mass is 313 g/mol. The molecule has 0 saturated heterocycles. The molecule has 2 N–H and O–H groups in total. The van der Waals surface area contributed by atoms with Crippen LogP contribution in [-0.4, -0.2) is 15.7 Å². The molecule has 0 atom stereocenters. The first kappa shape index (κ1) is 14.8. The molecule has 0 aliphatic rings. The van der Waals surface area contributed by atoms with Crippen molar-refractivity contribution in [1.82, 2.24) is 9.13 Å². The fourth-order valence-electron chi connectivity index (χ4n) is 1.85. The van der Waals surface area contributed by atoms with Crippen LogP contribution in [0.3, 0.4) is 0 Å². The zero-order chi connectivity index (χ0) is 14.7. The number of nitrogens with zero attached hydrogens (tertiary/aromatic N) is 2. The van der Waals surface area contributed by atoms with E-state index < -0.39 is 5.69 Å². The molecule has 2 rings (SSSR count). The molecule has 0 fully saturated rings. The summed E-state index contributed by atoms with van der Waals surface area (Å²) in [6.45, 7) is 0.674. The Balaban J connectivity index is 2.42. The Morgan fingerprint density at radius 3 is 2.55 bits per heavy atom. The number of nitrogens with two attached hydrogens (primary N) is 1. The van der Waals surface area contributed by atoms with Gasteiger partial charge in [-0.3, -0.25) is 13.9 Å². The van der Waals surface area contributed by atoms with Crippen molar-refractivity contribution < 1.29 is 0 Å². The summed E-state index contributed by atoms with van der Waals surface area (Å²) in [4.78, 5) is 23.8. The second-order valence-corrected chi connectivity index (χ2v) is 5.08. The first-order valence-corrected chi connectivity index (χ1v) is 6.73. The predicted molar refractivity (Wildman–Crippen MR) is 79.6 cm³/mol. The van der Waals surface area contributed by atoms with Crippen molar-refractivity contribution in [2.45, 2.75) is 13.1 Å². The summed E-state index contributed by atoms with van der Waals surface area (Å²) in [6.07, 6.45) is 1.45. The maximum absolute atomic E-state index is 12.2. The van der Waals surface area contributed by atoms with Crippen LogP contribution >= 0.6 is 23.2 Å². The second kappa shape index (κ2) is 6.26. The highest BCUT2D eigenvalue weighted by atomic mass is 35.5. The molecule has 0 spiro atoms. The van der Waals surface area contributed by atoms with E-state index in [0.717, 1.165) is 10.1 Å². The molecule has 20 heavy (non-hydrogen) atoms. The first-order chi connectivity index (χ1) is 9.52. The van der Waals surface area contributed by atoms with Crippen LogP contribution in [0.5, 0.6) is 0 Å². The summed E-state index contributed by atoms with van der Waals surface area (Å²) < 4.78 is 2.51. The molecule has 1 aromatic carbocycles. The third-order valence-corrected chi connectivity index (χ3v) is 3.44. The van der Waals surface area contributed by atoms with Crippen molar-refractivity contribution in [1.29, 1.82) is 0 Å². The quantitative estimate of drug-likeness (QED) is 0.925. The van der Waals surface area contributed by atoms with E-state index in [1.54, 1.807) is 18.2 Å². The van der Waals surface area contributed by atoms with Crippen molar-refractivity contribution in [3.63, 3.8) is 0 Å². The van der Waals surface area contributed by atoms with Crippen LogP contribution in [0.1, 0.15) is 5.56 Å². The topological polar surface area (TPSA) is 70.0 Å². The van der Waals surface area contributed by atoms with Gasteiger partial charge >= 0.3 is 5.69 Å². The summed E-state index contributed by atoms with van der Waals surface area (Å²) in [5, 5.41) is 1.00. The number of hydrogen-bond acceptors (Lipinski definition) is 3. The van der Waals surface area contributed by atoms with Gasteiger partial charge in [0.05, 0.1) is 6.54 Å². The van der Waals surface area contributed by atoms with Gasteiger partial charge in [-0.15, -0.1) is 0 Å². The number of aromatic nitrogens is 2. The van der Waals surface area contributed by atoms with Crippen LogP contribution < -0.4 is 17.0 Å². The van der Waals surface area contributed by atoms with Crippen molar-refractivity contribution in [3.8, 4) is 0 Å². The SMILES string of the molecule is NCCn1c(=O)ccn(Cc2ccc(Cl)cc2Cl)c1=O. The van der Waals surface area contributed by atoms with E-state index in [-0.39, 0.29) is 25.2 Å². The summed E-state index contributed by atoms with van der Waals surface area (Å²) in [5.41, 5.74) is 5.37. The van der Waals surface area contributed by atoms with E-state index in [9.17, 15) is 9.59 Å². The molecule has 0 amide bonds. The van der Waals surface area contributed by atoms with Gasteiger partial charge in [-0.25, -0.2) is 4.79 Å². The first-order valence-electron chi connectivity index (χ1n) is 5.97. The van der Waals surface area contributed by atoms with Gasteiger partial charge in [0.15, 0.2) is 0 Å².